The molecule has 0 aliphatic heterocycles. The van der Waals surface area contributed by atoms with Crippen molar-refractivity contribution in [2.24, 2.45) is 0 Å². The number of rotatable bonds is 4. The first-order chi connectivity index (χ1) is 14.7. The number of hydrogen-bond acceptors (Lipinski definition) is 9. The summed E-state index contributed by atoms with van der Waals surface area (Å²) in [6, 6.07) is 11.1. The first kappa shape index (κ1) is 20.0. The number of hydrogen-bond donors (Lipinski definition) is 2. The minimum Gasteiger partial charge on any atom is -0.507 e. The van der Waals surface area contributed by atoms with Crippen molar-refractivity contribution in [3.8, 4) is 11.5 Å². The van der Waals surface area contributed by atoms with Gasteiger partial charge in [0.1, 0.15) is 22.6 Å². The van der Waals surface area contributed by atoms with Gasteiger partial charge >= 0.3 is 0 Å². The van der Waals surface area contributed by atoms with Crippen LogP contribution in [0.25, 0.3) is 0 Å². The summed E-state index contributed by atoms with van der Waals surface area (Å²) in [5.41, 5.74) is -4.44. The predicted octanol–water partition coefficient (Wildman–Crippen LogP) is 3.84. The molecular formula is C20H10N2O8S. The maximum Gasteiger partial charge on any atom is 0.282 e. The fraction of sp³-hybridized carbons (Fsp3) is 0. The van der Waals surface area contributed by atoms with E-state index in [0.717, 1.165) is 30.0 Å². The second-order valence-electron chi connectivity index (χ2n) is 6.43. The molecule has 3 aromatic rings. The van der Waals surface area contributed by atoms with Crippen LogP contribution in [0.4, 0.5) is 11.4 Å². The number of phenols is 2. The lowest BCUT2D eigenvalue weighted by Gasteiger charge is -2.20. The Bertz CT molecular complexity index is 1320. The zero-order valence-electron chi connectivity index (χ0n) is 15.3. The molecule has 4 rings (SSSR count). The van der Waals surface area contributed by atoms with E-state index in [4.69, 9.17) is 0 Å². The van der Waals surface area contributed by atoms with Crippen molar-refractivity contribution >= 4 is 34.7 Å². The van der Waals surface area contributed by atoms with Gasteiger partial charge in [-0.15, -0.1) is 0 Å². The highest BCUT2D eigenvalue weighted by molar-refractivity contribution is 7.99. The molecule has 10 nitrogen and oxygen atoms in total. The van der Waals surface area contributed by atoms with E-state index in [1.54, 1.807) is 30.3 Å². The average molecular weight is 438 g/mol. The van der Waals surface area contributed by atoms with Crippen LogP contribution in [0.5, 0.6) is 11.5 Å². The summed E-state index contributed by atoms with van der Waals surface area (Å²) in [5, 5.41) is 44.0. The highest BCUT2D eigenvalue weighted by atomic mass is 32.2. The van der Waals surface area contributed by atoms with Crippen molar-refractivity contribution in [1.82, 2.24) is 0 Å². The zero-order valence-corrected chi connectivity index (χ0v) is 16.1. The molecule has 0 bridgehead atoms. The molecule has 1 aliphatic carbocycles. The van der Waals surface area contributed by atoms with Crippen molar-refractivity contribution in [1.29, 1.82) is 0 Å². The minimum atomic E-state index is -1.20. The summed E-state index contributed by atoms with van der Waals surface area (Å²) in [6.45, 7) is 0. The number of nitro groups is 2. The van der Waals surface area contributed by atoms with Crippen molar-refractivity contribution in [3.63, 3.8) is 0 Å². The first-order valence-electron chi connectivity index (χ1n) is 8.59. The van der Waals surface area contributed by atoms with Gasteiger partial charge in [0.15, 0.2) is 0 Å². The molecule has 0 aromatic heterocycles. The fourth-order valence-corrected chi connectivity index (χ4v) is 4.28. The predicted molar refractivity (Wildman–Crippen MR) is 107 cm³/mol. The van der Waals surface area contributed by atoms with E-state index in [9.17, 15) is 40.0 Å². The van der Waals surface area contributed by atoms with Gasteiger partial charge in [-0.3, -0.25) is 29.8 Å². The number of phenolic OH excluding ortho intramolecular Hbond substituents is 2. The molecule has 0 spiro atoms. The van der Waals surface area contributed by atoms with Crippen molar-refractivity contribution in [2.75, 3.05) is 0 Å². The fourth-order valence-electron chi connectivity index (χ4n) is 3.37. The van der Waals surface area contributed by atoms with Crippen LogP contribution in [0.1, 0.15) is 31.8 Å². The van der Waals surface area contributed by atoms with Crippen LogP contribution in [-0.4, -0.2) is 31.6 Å². The molecule has 0 amide bonds. The second kappa shape index (κ2) is 7.22. The number of aromatic hydroxyl groups is 2. The third-order valence-electron chi connectivity index (χ3n) is 4.68. The lowest BCUT2D eigenvalue weighted by atomic mass is 9.81. The van der Waals surface area contributed by atoms with Gasteiger partial charge in [-0.1, -0.05) is 30.0 Å². The van der Waals surface area contributed by atoms with Crippen LogP contribution >= 0.6 is 11.8 Å². The van der Waals surface area contributed by atoms with Gasteiger partial charge in [-0.2, -0.15) is 0 Å². The van der Waals surface area contributed by atoms with Gasteiger partial charge in [0, 0.05) is 17.0 Å². The van der Waals surface area contributed by atoms with Crippen LogP contribution in [0, 0.1) is 20.2 Å². The molecule has 0 unspecified atom stereocenters. The monoisotopic (exact) mass is 438 g/mol. The molecule has 31 heavy (non-hydrogen) atoms. The molecule has 0 heterocycles. The Morgan fingerprint density at radius 3 is 1.94 bits per heavy atom. The van der Waals surface area contributed by atoms with Crippen molar-refractivity contribution in [3.05, 3.63) is 91.0 Å². The van der Waals surface area contributed by atoms with Gasteiger partial charge in [-0.25, -0.2) is 0 Å². The number of nitrogens with zero attached hydrogens (tertiary/aromatic N) is 2. The molecular weight excluding hydrogens is 428 g/mol. The van der Waals surface area contributed by atoms with Crippen LogP contribution in [-0.2, 0) is 0 Å². The van der Waals surface area contributed by atoms with E-state index in [1.165, 1.54) is 0 Å². The van der Waals surface area contributed by atoms with E-state index >= 15 is 0 Å². The summed E-state index contributed by atoms with van der Waals surface area (Å²) < 4.78 is 0. The summed E-state index contributed by atoms with van der Waals surface area (Å²) in [7, 11) is 0. The Morgan fingerprint density at radius 1 is 0.742 bits per heavy atom. The van der Waals surface area contributed by atoms with Crippen LogP contribution in [0.3, 0.4) is 0 Å². The lowest BCUT2D eigenvalue weighted by Crippen LogP contribution is -2.24. The van der Waals surface area contributed by atoms with E-state index in [1.807, 2.05) is 0 Å². The standard InChI is InChI=1S/C20H10N2O8S/c23-12-7-6-10(21(27)28)14-16(12)20(26)17-15(19(14)25)11(22(29)30)8-13(18(17)24)31-9-4-2-1-3-5-9/h1-8,23-24H. The van der Waals surface area contributed by atoms with E-state index in [2.05, 4.69) is 0 Å². The number of carbonyl (C=O) groups is 2. The molecule has 0 fully saturated rings. The van der Waals surface area contributed by atoms with Crippen molar-refractivity contribution in [2.45, 2.75) is 9.79 Å². The van der Waals surface area contributed by atoms with Crippen LogP contribution in [0.2, 0.25) is 0 Å². The van der Waals surface area contributed by atoms with Crippen molar-refractivity contribution < 1.29 is 29.6 Å². The SMILES string of the molecule is O=C1c2c([N+](=O)[O-])ccc(O)c2C(=O)c2c(O)c(Sc3ccccc3)cc([N+](=O)[O-])c21. The summed E-state index contributed by atoms with van der Waals surface area (Å²) in [5.74, 6) is -3.73. The maximum absolute atomic E-state index is 13.1. The molecule has 11 heteroatoms. The topological polar surface area (TPSA) is 161 Å². The Balaban J connectivity index is 2.03. The van der Waals surface area contributed by atoms with Crippen LogP contribution < -0.4 is 0 Å². The summed E-state index contributed by atoms with van der Waals surface area (Å²) in [4.78, 5) is 48.0. The van der Waals surface area contributed by atoms with Gasteiger partial charge in [0.05, 0.1) is 25.9 Å². The second-order valence-corrected chi connectivity index (χ2v) is 7.55. The smallest absolute Gasteiger partial charge is 0.282 e. The highest BCUT2D eigenvalue weighted by Gasteiger charge is 2.44. The average Bonchev–Trinajstić information content (AvgIpc) is 2.73. The van der Waals surface area contributed by atoms with E-state index in [-0.39, 0.29) is 4.90 Å². The summed E-state index contributed by atoms with van der Waals surface area (Å²) in [6.07, 6.45) is 0. The molecule has 3 aromatic carbocycles. The largest absolute Gasteiger partial charge is 0.507 e. The third kappa shape index (κ3) is 3.07. The molecule has 0 atom stereocenters. The quantitative estimate of drug-likeness (QED) is 0.356. The lowest BCUT2D eigenvalue weighted by molar-refractivity contribution is -0.385. The Kier molecular flexibility index (Phi) is 4.67. The molecule has 0 radical (unpaired) electrons. The Labute approximate surface area is 177 Å². The Hall–Kier alpha value is -4.25. The zero-order chi connectivity index (χ0) is 22.4. The number of fused-ring (bicyclic) bond motifs is 2. The van der Waals surface area contributed by atoms with E-state index < -0.39 is 66.5 Å². The Morgan fingerprint density at radius 2 is 1.32 bits per heavy atom. The third-order valence-corrected chi connectivity index (χ3v) is 5.72. The minimum absolute atomic E-state index is 0.0637. The highest BCUT2D eigenvalue weighted by Crippen LogP contribution is 2.47. The van der Waals surface area contributed by atoms with E-state index in [0.29, 0.717) is 4.90 Å². The summed E-state index contributed by atoms with van der Waals surface area (Å²) >= 11 is 0.927. The number of benzene rings is 3. The normalized spacial score (nSPS) is 12.3. The van der Waals surface area contributed by atoms with Gasteiger partial charge in [0.25, 0.3) is 11.4 Å². The molecule has 1 aliphatic rings. The number of nitro benzene ring substituents is 2. The maximum atomic E-state index is 13.1. The first-order valence-corrected chi connectivity index (χ1v) is 9.41. The van der Waals surface area contributed by atoms with Crippen LogP contribution in [0.15, 0.2) is 58.3 Å². The number of ketones is 2. The van der Waals surface area contributed by atoms with Gasteiger partial charge in [-0.05, 0) is 18.2 Å². The van der Waals surface area contributed by atoms with Gasteiger partial charge in [0.2, 0.25) is 11.6 Å². The molecule has 2 N–H and O–H groups in total. The van der Waals surface area contributed by atoms with Gasteiger partial charge < -0.3 is 10.2 Å². The number of carbonyl (C=O) groups excluding carboxylic acids is 2. The molecule has 0 saturated carbocycles. The molecule has 0 saturated heterocycles. The molecule has 154 valence electrons.